The van der Waals surface area contributed by atoms with Crippen molar-refractivity contribution in [1.82, 2.24) is 0 Å². The summed E-state index contributed by atoms with van der Waals surface area (Å²) in [5.41, 5.74) is 0.518. The van der Waals surface area contributed by atoms with Crippen molar-refractivity contribution in [2.75, 3.05) is 0 Å². The van der Waals surface area contributed by atoms with E-state index in [4.69, 9.17) is 0 Å². The third-order valence-corrected chi connectivity index (χ3v) is 2.16. The molecule has 0 N–H and O–H groups in total. The lowest BCUT2D eigenvalue weighted by Crippen LogP contribution is -1.91. The zero-order valence-corrected chi connectivity index (χ0v) is 8.70. The monoisotopic (exact) mass is 235 g/mol. The lowest BCUT2D eigenvalue weighted by atomic mass is 10.2. The quantitative estimate of drug-likeness (QED) is 0.701. The second-order valence-corrected chi connectivity index (χ2v) is 3.38. The van der Waals surface area contributed by atoms with Crippen LogP contribution in [0.25, 0.3) is 0 Å². The zero-order valence-electron chi connectivity index (χ0n) is 8.70. The van der Waals surface area contributed by atoms with Gasteiger partial charge >= 0.3 is 0 Å². The van der Waals surface area contributed by atoms with Crippen molar-refractivity contribution in [1.29, 1.82) is 0 Å². The highest BCUT2D eigenvalue weighted by atomic mass is 19.2. The molecule has 0 fully saturated rings. The van der Waals surface area contributed by atoms with Crippen molar-refractivity contribution in [2.45, 2.75) is 0 Å². The highest BCUT2D eigenvalue weighted by molar-refractivity contribution is 5.82. The van der Waals surface area contributed by atoms with Gasteiger partial charge in [-0.2, -0.15) is 0 Å². The lowest BCUT2D eigenvalue weighted by molar-refractivity contribution is 0.507. The molecule has 0 bridgehead atoms. The van der Waals surface area contributed by atoms with E-state index in [1.807, 2.05) is 0 Å². The first-order chi connectivity index (χ1) is 8.16. The molecule has 17 heavy (non-hydrogen) atoms. The van der Waals surface area contributed by atoms with Crippen LogP contribution < -0.4 is 0 Å². The van der Waals surface area contributed by atoms with Gasteiger partial charge in [-0.15, -0.1) is 0 Å². The molecule has 0 saturated heterocycles. The zero-order chi connectivity index (χ0) is 12.3. The Balaban J connectivity index is 2.26. The second kappa shape index (κ2) is 4.82. The molecule has 0 spiro atoms. The van der Waals surface area contributed by atoms with Crippen molar-refractivity contribution >= 4 is 11.9 Å². The maximum Gasteiger partial charge on any atom is 0.167 e. The molecule has 0 heterocycles. The fourth-order valence-electron chi connectivity index (χ4n) is 1.29. The van der Waals surface area contributed by atoms with Gasteiger partial charge in [0, 0.05) is 11.8 Å². The van der Waals surface area contributed by atoms with Gasteiger partial charge < -0.3 is 0 Å². The van der Waals surface area contributed by atoms with E-state index >= 15 is 0 Å². The molecule has 2 aromatic rings. The number of nitrogens with zero attached hydrogens (tertiary/aromatic N) is 1. The highest BCUT2D eigenvalue weighted by Gasteiger charge is 2.04. The van der Waals surface area contributed by atoms with Crippen LogP contribution in [-0.2, 0) is 0 Å². The molecule has 86 valence electrons. The minimum Gasteiger partial charge on any atom is -0.256 e. The number of hydrogen-bond donors (Lipinski definition) is 0. The lowest BCUT2D eigenvalue weighted by Gasteiger charge is -1.97. The summed E-state index contributed by atoms with van der Waals surface area (Å²) in [6.07, 6.45) is 1.20. The Bertz CT molecular complexity index is 547. The molecule has 0 aromatic heterocycles. The van der Waals surface area contributed by atoms with E-state index in [0.717, 1.165) is 6.07 Å². The number of benzene rings is 2. The van der Waals surface area contributed by atoms with Crippen molar-refractivity contribution in [3.63, 3.8) is 0 Å². The second-order valence-electron chi connectivity index (χ2n) is 3.38. The van der Waals surface area contributed by atoms with E-state index in [-0.39, 0.29) is 11.4 Å². The molecule has 0 saturated carbocycles. The molecular weight excluding hydrogens is 227 g/mol. The Morgan fingerprint density at radius 3 is 2.29 bits per heavy atom. The highest BCUT2D eigenvalue weighted by Crippen LogP contribution is 2.14. The number of aliphatic imine (C=N–C) groups is 1. The molecule has 0 unspecified atom stereocenters. The standard InChI is InChI=1S/C13H8F3N/c14-10-4-6-11(7-5-10)17-8-9-2-1-3-12(15)13(9)16/h1-8H/b17-8+. The number of hydrogen-bond acceptors (Lipinski definition) is 1. The Hall–Kier alpha value is -2.10. The molecule has 1 nitrogen and oxygen atoms in total. The van der Waals surface area contributed by atoms with Gasteiger partial charge in [0.25, 0.3) is 0 Å². The Morgan fingerprint density at radius 2 is 1.59 bits per heavy atom. The predicted molar refractivity (Wildman–Crippen MR) is 60.0 cm³/mol. The van der Waals surface area contributed by atoms with Crippen molar-refractivity contribution in [2.24, 2.45) is 4.99 Å². The fourth-order valence-corrected chi connectivity index (χ4v) is 1.29. The minimum absolute atomic E-state index is 0.0503. The SMILES string of the molecule is Fc1ccc(/N=C/c2cccc(F)c2F)cc1. The van der Waals surface area contributed by atoms with Crippen LogP contribution in [0.3, 0.4) is 0 Å². The topological polar surface area (TPSA) is 12.4 Å². The third-order valence-electron chi connectivity index (χ3n) is 2.16. The summed E-state index contributed by atoms with van der Waals surface area (Å²) in [6, 6.07) is 9.22. The largest absolute Gasteiger partial charge is 0.256 e. The van der Waals surface area contributed by atoms with Crippen LogP contribution in [0.15, 0.2) is 47.5 Å². The van der Waals surface area contributed by atoms with Gasteiger partial charge in [0.2, 0.25) is 0 Å². The van der Waals surface area contributed by atoms with E-state index < -0.39 is 11.6 Å². The van der Waals surface area contributed by atoms with Crippen molar-refractivity contribution < 1.29 is 13.2 Å². The molecule has 0 aliphatic carbocycles. The van der Waals surface area contributed by atoms with E-state index in [9.17, 15) is 13.2 Å². The van der Waals surface area contributed by atoms with Gasteiger partial charge in [-0.3, -0.25) is 4.99 Å². The summed E-state index contributed by atoms with van der Waals surface area (Å²) in [5.74, 6) is -2.24. The normalized spacial score (nSPS) is 11.0. The van der Waals surface area contributed by atoms with Crippen LogP contribution in [-0.4, -0.2) is 6.21 Å². The van der Waals surface area contributed by atoms with Crippen LogP contribution in [0.5, 0.6) is 0 Å². The summed E-state index contributed by atoms with van der Waals surface area (Å²) in [7, 11) is 0. The van der Waals surface area contributed by atoms with Gasteiger partial charge in [-0.25, -0.2) is 13.2 Å². The average molecular weight is 235 g/mol. The van der Waals surface area contributed by atoms with Crippen LogP contribution in [0.2, 0.25) is 0 Å². The van der Waals surface area contributed by atoms with Gasteiger partial charge in [0.05, 0.1) is 5.69 Å². The molecule has 4 heteroatoms. The van der Waals surface area contributed by atoms with E-state index in [2.05, 4.69) is 4.99 Å². The van der Waals surface area contributed by atoms with Gasteiger partial charge in [0.15, 0.2) is 11.6 Å². The van der Waals surface area contributed by atoms with Gasteiger partial charge in [0.1, 0.15) is 5.82 Å². The van der Waals surface area contributed by atoms with Crippen LogP contribution in [0.1, 0.15) is 5.56 Å². The molecule has 0 aliphatic heterocycles. The van der Waals surface area contributed by atoms with E-state index in [1.165, 1.54) is 42.6 Å². The molecule has 0 atom stereocenters. The number of rotatable bonds is 2. The maximum atomic E-state index is 13.2. The fraction of sp³-hybridized carbons (Fsp3) is 0. The summed E-state index contributed by atoms with van der Waals surface area (Å²) < 4.78 is 38.7. The first-order valence-electron chi connectivity index (χ1n) is 4.90. The Morgan fingerprint density at radius 1 is 0.882 bits per heavy atom. The van der Waals surface area contributed by atoms with Crippen molar-refractivity contribution in [3.05, 3.63) is 65.5 Å². The summed E-state index contributed by atoms with van der Waals surface area (Å²) in [5, 5.41) is 0. The molecule has 0 amide bonds. The van der Waals surface area contributed by atoms with Crippen LogP contribution in [0.4, 0.5) is 18.9 Å². The molecular formula is C13H8F3N. The third kappa shape index (κ3) is 2.72. The minimum atomic E-state index is -0.946. The van der Waals surface area contributed by atoms with E-state index in [1.54, 1.807) is 0 Å². The van der Waals surface area contributed by atoms with Gasteiger partial charge in [-0.05, 0) is 30.3 Å². The smallest absolute Gasteiger partial charge is 0.167 e. The first-order valence-corrected chi connectivity index (χ1v) is 4.90. The summed E-state index contributed by atoms with van der Waals surface area (Å²) in [6.45, 7) is 0. The summed E-state index contributed by atoms with van der Waals surface area (Å²) in [4.78, 5) is 3.92. The van der Waals surface area contributed by atoms with Gasteiger partial charge in [-0.1, -0.05) is 12.1 Å². The molecule has 2 rings (SSSR count). The number of halogens is 3. The first kappa shape index (κ1) is 11.4. The van der Waals surface area contributed by atoms with Crippen molar-refractivity contribution in [3.8, 4) is 0 Å². The summed E-state index contributed by atoms with van der Waals surface area (Å²) >= 11 is 0. The molecule has 0 radical (unpaired) electrons. The van der Waals surface area contributed by atoms with Crippen LogP contribution >= 0.6 is 0 Å². The maximum absolute atomic E-state index is 13.2. The molecule has 2 aromatic carbocycles. The Labute approximate surface area is 96.2 Å². The Kier molecular flexibility index (Phi) is 3.23. The molecule has 0 aliphatic rings. The van der Waals surface area contributed by atoms with Crippen LogP contribution in [0, 0.1) is 17.5 Å². The predicted octanol–water partition coefficient (Wildman–Crippen LogP) is 3.85. The average Bonchev–Trinajstić information content (AvgIpc) is 2.33. The van der Waals surface area contributed by atoms with E-state index in [0.29, 0.717) is 5.69 Å².